The molecule has 10 heteroatoms. The topological polar surface area (TPSA) is 71.1 Å². The summed E-state index contributed by atoms with van der Waals surface area (Å²) in [4.78, 5) is 28.4. The Bertz CT molecular complexity index is 3010. The van der Waals surface area contributed by atoms with Gasteiger partial charge >= 0.3 is 11.9 Å². The van der Waals surface area contributed by atoms with Crippen LogP contribution >= 0.6 is 39.0 Å². The molecule has 0 bridgehead atoms. The Balaban J connectivity index is 2.09. The van der Waals surface area contributed by atoms with E-state index in [9.17, 15) is 9.59 Å². The summed E-state index contributed by atoms with van der Waals surface area (Å²) >= 11 is 15.7. The van der Waals surface area contributed by atoms with Gasteiger partial charge in [-0.1, -0.05) is 274 Å². The average Bonchev–Trinajstić information content (AvgIpc) is 0.743. The molecule has 0 fully saturated rings. The lowest BCUT2D eigenvalue weighted by molar-refractivity contribution is -0.151. The number of hydrogen-bond donors (Lipinski definition) is 0. The third-order valence-electron chi connectivity index (χ3n) is 16.4. The fourth-order valence-electron chi connectivity index (χ4n) is 10.4. The van der Waals surface area contributed by atoms with Crippen molar-refractivity contribution in [2.24, 2.45) is 0 Å². The molecule has 0 N–H and O–H groups in total. The summed E-state index contributed by atoms with van der Waals surface area (Å²) in [5.74, 6) is -0.548. The highest BCUT2D eigenvalue weighted by molar-refractivity contribution is 7.80. The fraction of sp³-hybridized carbons (Fsp3) is 0.513. The monoisotopic (exact) mass is 1270 g/mol. The Hall–Kier alpha value is -4.70. The van der Waals surface area contributed by atoms with Crippen LogP contribution in [0.4, 0.5) is 0 Å². The highest BCUT2D eigenvalue weighted by Crippen LogP contribution is 2.53. The zero-order chi connectivity index (χ0) is 66.6. The van der Waals surface area contributed by atoms with Gasteiger partial charge in [0.25, 0.3) is 0 Å². The van der Waals surface area contributed by atoms with Gasteiger partial charge in [-0.3, -0.25) is 0 Å². The molecule has 2 atom stereocenters. The quantitative estimate of drug-likeness (QED) is 0.0754. The maximum absolute atomic E-state index is 14.2. The molecule has 6 aromatic carbocycles. The van der Waals surface area contributed by atoms with Gasteiger partial charge in [-0.2, -0.15) is 0 Å². The number of hydrogen-bond acceptors (Lipinski definition) is 6. The van der Waals surface area contributed by atoms with E-state index in [1.165, 1.54) is 44.5 Å². The van der Waals surface area contributed by atoms with E-state index in [0.29, 0.717) is 11.1 Å². The van der Waals surface area contributed by atoms with Crippen molar-refractivity contribution in [3.8, 4) is 22.6 Å². The summed E-state index contributed by atoms with van der Waals surface area (Å²) in [6, 6.07) is 36.9. The Kier molecular flexibility index (Phi) is 21.8. The van der Waals surface area contributed by atoms with Crippen LogP contribution in [0.25, 0.3) is 11.1 Å². The molecule has 6 rings (SSSR count). The van der Waals surface area contributed by atoms with Gasteiger partial charge in [0.15, 0.2) is 12.2 Å². The van der Waals surface area contributed by atoms with Crippen LogP contribution in [0.5, 0.6) is 11.5 Å². The lowest BCUT2D eigenvalue weighted by Crippen LogP contribution is -2.32. The average molecular weight is 1270 g/mol. The summed E-state index contributed by atoms with van der Waals surface area (Å²) < 4.78 is 25.9. The van der Waals surface area contributed by atoms with E-state index in [4.69, 9.17) is 42.1 Å². The van der Waals surface area contributed by atoms with Crippen molar-refractivity contribution >= 4 is 82.8 Å². The van der Waals surface area contributed by atoms with E-state index in [-0.39, 0.29) is 78.1 Å². The molecule has 0 radical (unpaired) electrons. The van der Waals surface area contributed by atoms with Crippen LogP contribution in [-0.4, -0.2) is 37.4 Å². The van der Waals surface area contributed by atoms with Crippen molar-refractivity contribution in [1.82, 2.24) is 0 Å². The van der Waals surface area contributed by atoms with Crippen molar-refractivity contribution < 1.29 is 28.5 Å². The molecule has 0 saturated heterocycles. The van der Waals surface area contributed by atoms with E-state index in [1.807, 2.05) is 12.1 Å². The Labute approximate surface area is 544 Å². The molecule has 1 unspecified atom stereocenters. The number of halogens is 2. The normalized spacial score (nSPS) is 13.9. The highest BCUT2D eigenvalue weighted by atomic mass is 35.5. The van der Waals surface area contributed by atoms with Crippen LogP contribution in [0.15, 0.2) is 97.1 Å². The van der Waals surface area contributed by atoms with Crippen molar-refractivity contribution in [2.75, 3.05) is 13.2 Å². The smallest absolute Gasteiger partial charge is 0.347 e. The summed E-state index contributed by atoms with van der Waals surface area (Å²) in [5.41, 5.74) is 8.90. The maximum atomic E-state index is 14.2. The van der Waals surface area contributed by atoms with Crippen molar-refractivity contribution in [3.05, 3.63) is 152 Å². The van der Waals surface area contributed by atoms with Gasteiger partial charge in [-0.05, 0) is 175 Å². The molecular formula is C78H106Cl2O6P2. The first-order chi connectivity index (χ1) is 40.1. The van der Waals surface area contributed by atoms with E-state index >= 15 is 0 Å². The van der Waals surface area contributed by atoms with Crippen LogP contribution in [-0.2, 0) is 62.4 Å². The van der Waals surface area contributed by atoms with E-state index < -0.39 is 40.0 Å². The number of rotatable bonds is 15. The van der Waals surface area contributed by atoms with Gasteiger partial charge in [0.2, 0.25) is 0 Å². The third-order valence-corrected chi connectivity index (χ3v) is 21.8. The number of carbonyl (C=O) groups excluding carboxylic acids is 2. The van der Waals surface area contributed by atoms with Gasteiger partial charge in [0.05, 0.1) is 23.3 Å². The second kappa shape index (κ2) is 26.5. The largest absolute Gasteiger partial charge is 0.477 e. The highest BCUT2D eigenvalue weighted by Gasteiger charge is 2.38. The van der Waals surface area contributed by atoms with E-state index in [2.05, 4.69) is 251 Å². The van der Waals surface area contributed by atoms with Crippen LogP contribution in [0.1, 0.15) is 238 Å². The third kappa shape index (κ3) is 17.1. The molecule has 478 valence electrons. The minimum absolute atomic E-state index is 0.153. The number of carbonyl (C=O) groups is 2. The van der Waals surface area contributed by atoms with Gasteiger partial charge in [0.1, 0.15) is 11.5 Å². The first-order valence-corrected chi connectivity index (χ1v) is 35.1. The molecule has 0 heterocycles. The Morgan fingerprint density at radius 1 is 0.352 bits per heavy atom. The van der Waals surface area contributed by atoms with Crippen LogP contribution < -0.4 is 41.3 Å². The molecular weight excluding hydrogens is 1170 g/mol. The molecule has 88 heavy (non-hydrogen) atoms. The van der Waals surface area contributed by atoms with Crippen LogP contribution in [0.3, 0.4) is 0 Å². The second-order valence-corrected chi connectivity index (χ2v) is 37.5. The van der Waals surface area contributed by atoms with Gasteiger partial charge in [-0.25, -0.2) is 9.59 Å². The van der Waals surface area contributed by atoms with Crippen LogP contribution in [0, 0.1) is 0 Å². The van der Waals surface area contributed by atoms with Gasteiger partial charge in [0, 0.05) is 11.1 Å². The second-order valence-electron chi connectivity index (χ2n) is 32.3. The molecule has 0 aliphatic rings. The predicted molar refractivity (Wildman–Crippen MR) is 382 cm³/mol. The molecule has 0 amide bonds. The molecule has 0 saturated carbocycles. The van der Waals surface area contributed by atoms with E-state index in [1.54, 1.807) is 27.7 Å². The minimum atomic E-state index is -1.64. The zero-order valence-corrected chi connectivity index (χ0v) is 62.2. The molecule has 6 nitrogen and oxygen atoms in total. The first kappa shape index (κ1) is 72.4. The summed E-state index contributed by atoms with van der Waals surface area (Å²) in [6.45, 7) is 62.1. The maximum Gasteiger partial charge on any atom is 0.347 e. The van der Waals surface area contributed by atoms with Crippen molar-refractivity contribution in [2.45, 2.75) is 249 Å². The van der Waals surface area contributed by atoms with Crippen molar-refractivity contribution in [3.63, 3.8) is 0 Å². The molecule has 6 aromatic rings. The number of esters is 2. The molecule has 0 aliphatic carbocycles. The number of benzene rings is 6. The van der Waals surface area contributed by atoms with Gasteiger partial charge in [-0.15, -0.1) is 0 Å². The molecule has 0 aromatic heterocycles. The van der Waals surface area contributed by atoms with Crippen molar-refractivity contribution in [1.29, 1.82) is 0 Å². The first-order valence-electron chi connectivity index (χ1n) is 31.6. The molecule has 0 spiro atoms. The fourth-order valence-corrected chi connectivity index (χ4v) is 16.0. The van der Waals surface area contributed by atoms with Crippen LogP contribution in [0.2, 0.25) is 10.0 Å². The minimum Gasteiger partial charge on any atom is -0.477 e. The predicted octanol–water partition coefficient (Wildman–Crippen LogP) is 19.2. The Morgan fingerprint density at radius 3 is 0.716 bits per heavy atom. The standard InChI is InChI=1S/C78H106Cl2O6P2/c1-29-83-69(81)47(3)85-67-61(79)31-33-63(87(57-39-49(71(5,6)7)35-50(40-57)72(8,9)10)58-41-51(73(11,12)13)36-52(42-58)74(14,15)16)65(67)66-64(34-32-62(80)68(66)86-48(4)70(82)84-30-2)88(59-43-53(75(17,18)19)37-54(44-59)76(20,21)22)60-45-55(77(23,24)25)38-56(46-60)78(26,27)28/h31-48H,29-30H2,1-28H3/t47-,48?/m0/s1. The summed E-state index contributed by atoms with van der Waals surface area (Å²) in [5, 5.41) is 6.84. The van der Waals surface area contributed by atoms with Gasteiger partial charge < -0.3 is 18.9 Å². The summed E-state index contributed by atoms with van der Waals surface area (Å²) in [7, 11) is -3.28. The number of ether oxygens (including phenoxy) is 4. The lowest BCUT2D eigenvalue weighted by Gasteiger charge is -2.34. The molecule has 0 aliphatic heterocycles. The zero-order valence-electron chi connectivity index (χ0n) is 58.9. The lowest BCUT2D eigenvalue weighted by atomic mass is 9.81. The summed E-state index contributed by atoms with van der Waals surface area (Å²) in [6.07, 6.45) is -2.23. The van der Waals surface area contributed by atoms with E-state index in [0.717, 1.165) is 31.8 Å². The SMILES string of the molecule is CCOC(=O)C(C)Oc1c(Cl)ccc(P(c2cc(C(C)(C)C)cc(C(C)(C)C)c2)c2cc(C(C)(C)C)cc(C(C)(C)C)c2)c1-c1c(P(c2cc(C(C)(C)C)cc(C(C)(C)C)c2)c2cc(C(C)(C)C)cc(C(C)(C)C)c2)ccc(Cl)c1O[C@@H](C)C(=O)OCC. The Morgan fingerprint density at radius 2 is 0.545 bits per heavy atom.